The molecule has 1 rings (SSSR count). The highest BCUT2D eigenvalue weighted by atomic mass is 16.5. The lowest BCUT2D eigenvalue weighted by atomic mass is 9.94. The van der Waals surface area contributed by atoms with E-state index >= 15 is 0 Å². The van der Waals surface area contributed by atoms with Gasteiger partial charge in [-0.15, -0.1) is 0 Å². The summed E-state index contributed by atoms with van der Waals surface area (Å²) in [4.78, 5) is 0. The topological polar surface area (TPSA) is 41.5 Å². The molecule has 0 bridgehead atoms. The highest BCUT2D eigenvalue weighted by Crippen LogP contribution is 2.18. The van der Waals surface area contributed by atoms with E-state index in [-0.39, 0.29) is 5.54 Å². The molecule has 0 fully saturated rings. The molecular formula is C14H23NO2. The molecule has 1 unspecified atom stereocenters. The van der Waals surface area contributed by atoms with Crippen molar-refractivity contribution in [2.24, 2.45) is 0 Å². The van der Waals surface area contributed by atoms with Crippen LogP contribution in [0.4, 0.5) is 0 Å². The Morgan fingerprint density at radius 2 is 1.94 bits per heavy atom. The SMILES string of the molecule is CCOCC(O)CNC(C)(C)c1ccccc1. The molecule has 0 saturated carbocycles. The number of hydrogen-bond acceptors (Lipinski definition) is 3. The second-order valence-corrected chi connectivity index (χ2v) is 4.69. The van der Waals surface area contributed by atoms with Crippen molar-refractivity contribution in [3.63, 3.8) is 0 Å². The Kier molecular flexibility index (Phi) is 5.62. The number of nitrogens with one attached hydrogen (secondary N) is 1. The molecule has 0 aliphatic carbocycles. The van der Waals surface area contributed by atoms with E-state index in [2.05, 4.69) is 31.3 Å². The molecule has 0 saturated heterocycles. The van der Waals surface area contributed by atoms with Gasteiger partial charge in [0.15, 0.2) is 0 Å². The van der Waals surface area contributed by atoms with Gasteiger partial charge < -0.3 is 15.2 Å². The van der Waals surface area contributed by atoms with E-state index in [1.807, 2.05) is 25.1 Å². The lowest BCUT2D eigenvalue weighted by molar-refractivity contribution is 0.0390. The van der Waals surface area contributed by atoms with E-state index in [4.69, 9.17) is 4.74 Å². The molecule has 0 aliphatic rings. The summed E-state index contributed by atoms with van der Waals surface area (Å²) in [5, 5.41) is 13.1. The van der Waals surface area contributed by atoms with Gasteiger partial charge in [0.05, 0.1) is 12.7 Å². The lowest BCUT2D eigenvalue weighted by Gasteiger charge is -2.28. The van der Waals surface area contributed by atoms with Crippen LogP contribution in [0.2, 0.25) is 0 Å². The number of aliphatic hydroxyl groups is 1. The van der Waals surface area contributed by atoms with Crippen LogP contribution in [0.5, 0.6) is 0 Å². The van der Waals surface area contributed by atoms with Crippen molar-refractivity contribution < 1.29 is 9.84 Å². The maximum absolute atomic E-state index is 9.70. The molecule has 2 N–H and O–H groups in total. The smallest absolute Gasteiger partial charge is 0.0897 e. The highest BCUT2D eigenvalue weighted by Gasteiger charge is 2.20. The van der Waals surface area contributed by atoms with E-state index < -0.39 is 6.10 Å². The third-order valence-electron chi connectivity index (χ3n) is 2.79. The third-order valence-corrected chi connectivity index (χ3v) is 2.79. The molecule has 17 heavy (non-hydrogen) atoms. The molecule has 3 heteroatoms. The molecule has 96 valence electrons. The number of aliphatic hydroxyl groups excluding tert-OH is 1. The van der Waals surface area contributed by atoms with Gasteiger partial charge in [-0.05, 0) is 26.3 Å². The van der Waals surface area contributed by atoms with Gasteiger partial charge >= 0.3 is 0 Å². The maximum Gasteiger partial charge on any atom is 0.0897 e. The quantitative estimate of drug-likeness (QED) is 0.761. The third kappa shape index (κ3) is 4.86. The van der Waals surface area contributed by atoms with E-state index in [9.17, 15) is 5.11 Å². The predicted octanol–water partition coefficient (Wildman–Crippen LogP) is 1.91. The number of rotatable bonds is 7. The second-order valence-electron chi connectivity index (χ2n) is 4.69. The van der Waals surface area contributed by atoms with Crippen LogP contribution in [0.25, 0.3) is 0 Å². The Morgan fingerprint density at radius 1 is 1.29 bits per heavy atom. The summed E-state index contributed by atoms with van der Waals surface area (Å²) >= 11 is 0. The van der Waals surface area contributed by atoms with Crippen molar-refractivity contribution in [1.29, 1.82) is 0 Å². The van der Waals surface area contributed by atoms with Gasteiger partial charge in [0.25, 0.3) is 0 Å². The first-order chi connectivity index (χ1) is 8.06. The van der Waals surface area contributed by atoms with Gasteiger partial charge in [0, 0.05) is 18.7 Å². The fourth-order valence-electron chi connectivity index (χ4n) is 1.64. The van der Waals surface area contributed by atoms with Crippen molar-refractivity contribution in [2.75, 3.05) is 19.8 Å². The molecule has 0 aliphatic heterocycles. The molecule has 0 amide bonds. The van der Waals surface area contributed by atoms with Crippen molar-refractivity contribution in [2.45, 2.75) is 32.4 Å². The van der Waals surface area contributed by atoms with Gasteiger partial charge in [-0.3, -0.25) is 0 Å². The largest absolute Gasteiger partial charge is 0.389 e. The minimum Gasteiger partial charge on any atom is -0.389 e. The van der Waals surface area contributed by atoms with Crippen molar-refractivity contribution in [3.05, 3.63) is 35.9 Å². The average molecular weight is 237 g/mol. The number of hydrogen-bond donors (Lipinski definition) is 2. The molecule has 1 aromatic carbocycles. The van der Waals surface area contributed by atoms with Gasteiger partial charge in [-0.1, -0.05) is 30.3 Å². The summed E-state index contributed by atoms with van der Waals surface area (Å²) in [6.45, 7) is 7.69. The molecule has 0 aromatic heterocycles. The zero-order chi connectivity index (χ0) is 12.7. The van der Waals surface area contributed by atoms with Gasteiger partial charge in [0.1, 0.15) is 0 Å². The van der Waals surface area contributed by atoms with Crippen molar-refractivity contribution in [1.82, 2.24) is 5.32 Å². The maximum atomic E-state index is 9.70. The lowest BCUT2D eigenvalue weighted by Crippen LogP contribution is -2.42. The average Bonchev–Trinajstić information content (AvgIpc) is 2.35. The summed E-state index contributed by atoms with van der Waals surface area (Å²) in [6, 6.07) is 10.2. The van der Waals surface area contributed by atoms with Crippen LogP contribution in [0.15, 0.2) is 30.3 Å². The standard InChI is InChI=1S/C14H23NO2/c1-4-17-11-13(16)10-15-14(2,3)12-8-6-5-7-9-12/h5-9,13,15-16H,4,10-11H2,1-3H3. The minimum atomic E-state index is -0.460. The van der Waals surface area contributed by atoms with Crippen LogP contribution in [0, 0.1) is 0 Å². The predicted molar refractivity (Wildman–Crippen MR) is 70.0 cm³/mol. The minimum absolute atomic E-state index is 0.144. The van der Waals surface area contributed by atoms with E-state index in [0.29, 0.717) is 19.8 Å². The Morgan fingerprint density at radius 3 is 2.53 bits per heavy atom. The first kappa shape index (κ1) is 14.2. The summed E-state index contributed by atoms with van der Waals surface area (Å²) < 4.78 is 5.18. The number of ether oxygens (including phenoxy) is 1. The summed E-state index contributed by atoms with van der Waals surface area (Å²) in [5.41, 5.74) is 1.07. The van der Waals surface area contributed by atoms with Crippen LogP contribution < -0.4 is 5.32 Å². The molecule has 1 atom stereocenters. The zero-order valence-corrected chi connectivity index (χ0v) is 10.9. The molecular weight excluding hydrogens is 214 g/mol. The molecule has 1 aromatic rings. The van der Waals surface area contributed by atoms with Crippen molar-refractivity contribution >= 4 is 0 Å². The summed E-state index contributed by atoms with van der Waals surface area (Å²) in [7, 11) is 0. The zero-order valence-electron chi connectivity index (χ0n) is 10.9. The van der Waals surface area contributed by atoms with Crippen LogP contribution in [0.1, 0.15) is 26.3 Å². The fourth-order valence-corrected chi connectivity index (χ4v) is 1.64. The van der Waals surface area contributed by atoms with Crippen LogP contribution in [-0.2, 0) is 10.3 Å². The Bertz CT molecular complexity index is 311. The Balaban J connectivity index is 2.45. The molecule has 0 radical (unpaired) electrons. The molecule has 0 spiro atoms. The van der Waals surface area contributed by atoms with Crippen LogP contribution in [-0.4, -0.2) is 31.0 Å². The highest BCUT2D eigenvalue weighted by molar-refractivity contribution is 5.22. The van der Waals surface area contributed by atoms with E-state index in [1.165, 1.54) is 5.56 Å². The fraction of sp³-hybridized carbons (Fsp3) is 0.571. The first-order valence-electron chi connectivity index (χ1n) is 6.12. The second kappa shape index (κ2) is 6.74. The van der Waals surface area contributed by atoms with Crippen LogP contribution in [0.3, 0.4) is 0 Å². The van der Waals surface area contributed by atoms with Gasteiger partial charge in [-0.2, -0.15) is 0 Å². The van der Waals surface area contributed by atoms with Gasteiger partial charge in [-0.25, -0.2) is 0 Å². The number of benzene rings is 1. The first-order valence-corrected chi connectivity index (χ1v) is 6.12. The monoisotopic (exact) mass is 237 g/mol. The summed E-state index contributed by atoms with van der Waals surface area (Å²) in [5.74, 6) is 0. The van der Waals surface area contributed by atoms with E-state index in [0.717, 1.165) is 0 Å². The Hall–Kier alpha value is -0.900. The summed E-state index contributed by atoms with van der Waals surface area (Å²) in [6.07, 6.45) is -0.460. The van der Waals surface area contributed by atoms with Crippen LogP contribution >= 0.6 is 0 Å². The van der Waals surface area contributed by atoms with Crippen molar-refractivity contribution in [3.8, 4) is 0 Å². The normalized spacial score (nSPS) is 13.6. The van der Waals surface area contributed by atoms with E-state index in [1.54, 1.807) is 0 Å². The molecule has 0 heterocycles. The molecule has 3 nitrogen and oxygen atoms in total. The Labute approximate surface area is 104 Å². The van der Waals surface area contributed by atoms with Gasteiger partial charge in [0.2, 0.25) is 0 Å².